The predicted molar refractivity (Wildman–Crippen MR) is 107 cm³/mol. The highest BCUT2D eigenvalue weighted by Crippen LogP contribution is 2.25. The number of benzene rings is 2. The van der Waals surface area contributed by atoms with Crippen LogP contribution in [0.3, 0.4) is 0 Å². The molecule has 2 aromatic rings. The summed E-state index contributed by atoms with van der Waals surface area (Å²) in [6, 6.07) is 15.9. The molecule has 0 bridgehead atoms. The minimum absolute atomic E-state index is 0.0588. The minimum Gasteiger partial charge on any atom is -0.462 e. The van der Waals surface area contributed by atoms with E-state index in [1.54, 1.807) is 29.2 Å². The van der Waals surface area contributed by atoms with E-state index >= 15 is 0 Å². The molecule has 1 saturated heterocycles. The largest absolute Gasteiger partial charge is 0.462 e. The first-order valence-corrected chi connectivity index (χ1v) is 9.52. The van der Waals surface area contributed by atoms with Crippen molar-refractivity contribution in [3.05, 3.63) is 60.2 Å². The Hall–Kier alpha value is -3.15. The second kappa shape index (κ2) is 9.17. The molecule has 0 aromatic heterocycles. The number of para-hydroxylation sites is 1. The first kappa shape index (κ1) is 19.6. The molecule has 1 aliphatic heterocycles. The topological polar surface area (TPSA) is 75.7 Å². The van der Waals surface area contributed by atoms with Gasteiger partial charge in [0.15, 0.2) is 0 Å². The van der Waals surface area contributed by atoms with Gasteiger partial charge in [0.2, 0.25) is 11.8 Å². The van der Waals surface area contributed by atoms with Crippen LogP contribution in [-0.4, -0.2) is 30.9 Å². The Morgan fingerprint density at radius 2 is 1.82 bits per heavy atom. The molecule has 0 saturated carbocycles. The first-order chi connectivity index (χ1) is 13.6. The summed E-state index contributed by atoms with van der Waals surface area (Å²) in [5.41, 5.74) is 1.83. The van der Waals surface area contributed by atoms with E-state index in [4.69, 9.17) is 4.74 Å². The van der Waals surface area contributed by atoms with Crippen LogP contribution in [0.15, 0.2) is 54.6 Å². The van der Waals surface area contributed by atoms with Crippen LogP contribution in [-0.2, 0) is 14.3 Å². The second-order valence-corrected chi connectivity index (χ2v) is 6.80. The molecule has 6 nitrogen and oxygen atoms in total. The second-order valence-electron chi connectivity index (χ2n) is 6.80. The van der Waals surface area contributed by atoms with Crippen LogP contribution >= 0.6 is 0 Å². The number of carbonyl (C=O) groups is 3. The Kier molecular flexibility index (Phi) is 6.42. The van der Waals surface area contributed by atoms with E-state index in [0.717, 1.165) is 18.5 Å². The standard InChI is InChI=1S/C22H24N2O4/c1-2-3-13-28-22(27)16-9-11-18(12-10-16)23-21(26)17-14-20(25)24(15-17)19-7-5-4-6-8-19/h4-12,17H,2-3,13-15H2,1H3,(H,23,26). The van der Waals surface area contributed by atoms with E-state index in [2.05, 4.69) is 5.32 Å². The lowest BCUT2D eigenvalue weighted by atomic mass is 10.1. The van der Waals surface area contributed by atoms with E-state index in [-0.39, 0.29) is 24.2 Å². The number of hydrogen-bond acceptors (Lipinski definition) is 4. The average Bonchev–Trinajstić information content (AvgIpc) is 3.11. The number of amides is 2. The molecule has 0 aliphatic carbocycles. The third kappa shape index (κ3) is 4.76. The number of anilines is 2. The maximum Gasteiger partial charge on any atom is 0.338 e. The van der Waals surface area contributed by atoms with Gasteiger partial charge in [-0.1, -0.05) is 31.5 Å². The summed E-state index contributed by atoms with van der Waals surface area (Å²) >= 11 is 0. The number of carbonyl (C=O) groups excluding carboxylic acids is 3. The summed E-state index contributed by atoms with van der Waals surface area (Å²) in [6.07, 6.45) is 1.98. The number of esters is 1. The molecule has 0 radical (unpaired) electrons. The fourth-order valence-corrected chi connectivity index (χ4v) is 3.07. The van der Waals surface area contributed by atoms with E-state index < -0.39 is 5.92 Å². The quantitative estimate of drug-likeness (QED) is 0.588. The lowest BCUT2D eigenvalue weighted by molar-refractivity contribution is -0.122. The number of nitrogens with zero attached hydrogens (tertiary/aromatic N) is 1. The fraction of sp³-hybridized carbons (Fsp3) is 0.318. The summed E-state index contributed by atoms with van der Waals surface area (Å²) in [6.45, 7) is 2.79. The molecule has 146 valence electrons. The van der Waals surface area contributed by atoms with Gasteiger partial charge in [-0.2, -0.15) is 0 Å². The number of nitrogens with one attached hydrogen (secondary N) is 1. The van der Waals surface area contributed by atoms with Crippen LogP contribution in [0.1, 0.15) is 36.5 Å². The Morgan fingerprint density at radius 3 is 2.50 bits per heavy atom. The van der Waals surface area contributed by atoms with Crippen molar-refractivity contribution in [3.63, 3.8) is 0 Å². The Balaban J connectivity index is 1.56. The van der Waals surface area contributed by atoms with Gasteiger partial charge in [0.25, 0.3) is 0 Å². The van der Waals surface area contributed by atoms with Crippen molar-refractivity contribution < 1.29 is 19.1 Å². The van der Waals surface area contributed by atoms with Crippen molar-refractivity contribution in [2.45, 2.75) is 26.2 Å². The van der Waals surface area contributed by atoms with Crippen molar-refractivity contribution in [1.29, 1.82) is 0 Å². The lowest BCUT2D eigenvalue weighted by Crippen LogP contribution is -2.28. The molecule has 0 spiro atoms. The van der Waals surface area contributed by atoms with Crippen molar-refractivity contribution in [2.75, 3.05) is 23.4 Å². The molecule has 1 fully saturated rings. The molecule has 3 rings (SSSR count). The van der Waals surface area contributed by atoms with Gasteiger partial charge in [-0.15, -0.1) is 0 Å². The lowest BCUT2D eigenvalue weighted by Gasteiger charge is -2.16. The minimum atomic E-state index is -0.411. The molecular formula is C22H24N2O4. The van der Waals surface area contributed by atoms with Crippen LogP contribution in [0.5, 0.6) is 0 Å². The average molecular weight is 380 g/mol. The van der Waals surface area contributed by atoms with E-state index in [1.165, 1.54) is 0 Å². The Morgan fingerprint density at radius 1 is 1.11 bits per heavy atom. The molecule has 2 aromatic carbocycles. The monoisotopic (exact) mass is 380 g/mol. The van der Waals surface area contributed by atoms with Crippen molar-refractivity contribution in [2.24, 2.45) is 5.92 Å². The van der Waals surface area contributed by atoms with E-state index in [9.17, 15) is 14.4 Å². The molecule has 1 aliphatic rings. The normalized spacial score (nSPS) is 16.1. The number of rotatable bonds is 7. The van der Waals surface area contributed by atoms with Crippen LogP contribution < -0.4 is 10.2 Å². The summed E-state index contributed by atoms with van der Waals surface area (Å²) < 4.78 is 5.17. The van der Waals surface area contributed by atoms with Gasteiger partial charge >= 0.3 is 5.97 Å². The summed E-state index contributed by atoms with van der Waals surface area (Å²) in [7, 11) is 0. The van der Waals surface area contributed by atoms with Crippen molar-refractivity contribution >= 4 is 29.2 Å². The van der Waals surface area contributed by atoms with Gasteiger partial charge in [-0.25, -0.2) is 4.79 Å². The zero-order valence-corrected chi connectivity index (χ0v) is 15.9. The zero-order valence-electron chi connectivity index (χ0n) is 15.9. The van der Waals surface area contributed by atoms with Gasteiger partial charge in [-0.05, 0) is 42.8 Å². The predicted octanol–water partition coefficient (Wildman–Crippen LogP) is 3.64. The Bertz CT molecular complexity index is 833. The maximum atomic E-state index is 12.5. The maximum absolute atomic E-state index is 12.5. The van der Waals surface area contributed by atoms with E-state index in [1.807, 2.05) is 37.3 Å². The molecule has 6 heteroatoms. The number of unbranched alkanes of at least 4 members (excludes halogenated alkanes) is 1. The van der Waals surface area contributed by atoms with Gasteiger partial charge in [0.1, 0.15) is 0 Å². The molecular weight excluding hydrogens is 356 g/mol. The summed E-state index contributed by atoms with van der Waals surface area (Å²) in [4.78, 5) is 38.4. The SMILES string of the molecule is CCCCOC(=O)c1ccc(NC(=O)C2CC(=O)N(c3ccccc3)C2)cc1. The highest BCUT2D eigenvalue weighted by atomic mass is 16.5. The van der Waals surface area contributed by atoms with Crippen LogP contribution in [0.4, 0.5) is 11.4 Å². The Labute approximate surface area is 164 Å². The van der Waals surface area contributed by atoms with Crippen molar-refractivity contribution in [3.8, 4) is 0 Å². The smallest absolute Gasteiger partial charge is 0.338 e. The van der Waals surface area contributed by atoms with Gasteiger partial charge < -0.3 is 15.0 Å². The molecule has 28 heavy (non-hydrogen) atoms. The van der Waals surface area contributed by atoms with Gasteiger partial charge in [-0.3, -0.25) is 9.59 Å². The third-order valence-corrected chi connectivity index (χ3v) is 4.68. The van der Waals surface area contributed by atoms with Crippen LogP contribution in [0, 0.1) is 5.92 Å². The van der Waals surface area contributed by atoms with Gasteiger partial charge in [0.05, 0.1) is 18.1 Å². The zero-order chi connectivity index (χ0) is 19.9. The molecule has 2 amide bonds. The van der Waals surface area contributed by atoms with Gasteiger partial charge in [0, 0.05) is 24.3 Å². The fourth-order valence-electron chi connectivity index (χ4n) is 3.07. The highest BCUT2D eigenvalue weighted by Gasteiger charge is 2.35. The summed E-state index contributed by atoms with van der Waals surface area (Å²) in [5, 5.41) is 2.82. The molecule has 1 unspecified atom stereocenters. The van der Waals surface area contributed by atoms with Crippen LogP contribution in [0.2, 0.25) is 0 Å². The summed E-state index contributed by atoms with van der Waals surface area (Å²) in [5.74, 6) is -1.04. The molecule has 1 heterocycles. The number of hydrogen-bond donors (Lipinski definition) is 1. The number of ether oxygens (including phenoxy) is 1. The van der Waals surface area contributed by atoms with E-state index in [0.29, 0.717) is 24.4 Å². The van der Waals surface area contributed by atoms with Crippen LogP contribution in [0.25, 0.3) is 0 Å². The first-order valence-electron chi connectivity index (χ1n) is 9.52. The molecule has 1 N–H and O–H groups in total. The van der Waals surface area contributed by atoms with Crippen molar-refractivity contribution in [1.82, 2.24) is 0 Å². The molecule has 1 atom stereocenters. The third-order valence-electron chi connectivity index (χ3n) is 4.68. The highest BCUT2D eigenvalue weighted by molar-refractivity contribution is 6.03.